The van der Waals surface area contributed by atoms with E-state index in [-0.39, 0.29) is 0 Å². The summed E-state index contributed by atoms with van der Waals surface area (Å²) in [5.41, 5.74) is 12.0. The highest BCUT2D eigenvalue weighted by atomic mass is 16.1. The van der Waals surface area contributed by atoms with Crippen LogP contribution in [0.5, 0.6) is 0 Å². The second kappa shape index (κ2) is 6.79. The molecule has 1 heterocycles. The Morgan fingerprint density at radius 2 is 1.83 bits per heavy atom. The molecule has 5 heteroatoms. The molecule has 0 aliphatic carbocycles. The van der Waals surface area contributed by atoms with Crippen LogP contribution in [0, 0.1) is 5.92 Å². The van der Waals surface area contributed by atoms with E-state index in [1.54, 1.807) is 0 Å². The van der Waals surface area contributed by atoms with Crippen molar-refractivity contribution in [1.29, 1.82) is 0 Å². The number of fused-ring (bicyclic) bond motifs is 1. The maximum Gasteiger partial charge on any atom is 0.228 e. The van der Waals surface area contributed by atoms with Gasteiger partial charge in [-0.15, -0.1) is 0 Å². The van der Waals surface area contributed by atoms with Gasteiger partial charge >= 0.3 is 0 Å². The fourth-order valence-corrected chi connectivity index (χ4v) is 2.40. The molecule has 0 saturated heterocycles. The lowest BCUT2D eigenvalue weighted by Gasteiger charge is -2.15. The number of amides is 1. The molecule has 0 fully saturated rings. The van der Waals surface area contributed by atoms with Crippen LogP contribution in [0.4, 0.5) is 11.4 Å². The number of benzene rings is 2. The minimum atomic E-state index is -0.520. The average molecular weight is 306 g/mol. The quantitative estimate of drug-likeness (QED) is 0.794. The lowest BCUT2D eigenvalue weighted by Crippen LogP contribution is -2.35. The van der Waals surface area contributed by atoms with Gasteiger partial charge < -0.3 is 11.1 Å². The first-order valence-corrected chi connectivity index (χ1v) is 7.43. The summed E-state index contributed by atoms with van der Waals surface area (Å²) in [7, 11) is 0. The molecule has 0 saturated carbocycles. The van der Waals surface area contributed by atoms with Crippen LogP contribution in [0.25, 0.3) is 6.08 Å². The fraction of sp³-hybridized carbons (Fsp3) is 0.111. The third-order valence-corrected chi connectivity index (χ3v) is 3.68. The van der Waals surface area contributed by atoms with Crippen molar-refractivity contribution in [2.75, 3.05) is 17.3 Å². The number of hydrazone groups is 1. The summed E-state index contributed by atoms with van der Waals surface area (Å²) in [6.45, 7) is 0.389. The fourth-order valence-electron chi connectivity index (χ4n) is 2.40. The molecule has 0 spiro atoms. The van der Waals surface area contributed by atoms with Crippen molar-refractivity contribution in [1.82, 2.24) is 0 Å². The number of carbonyl (C=O) groups is 1. The number of primary amides is 1. The third-order valence-electron chi connectivity index (χ3n) is 3.68. The molecule has 0 radical (unpaired) electrons. The van der Waals surface area contributed by atoms with Crippen LogP contribution in [-0.2, 0) is 4.79 Å². The summed E-state index contributed by atoms with van der Waals surface area (Å²) >= 11 is 0. The lowest BCUT2D eigenvalue weighted by atomic mass is 10.0. The Kier molecular flexibility index (Phi) is 4.38. The van der Waals surface area contributed by atoms with Gasteiger partial charge in [-0.25, -0.2) is 0 Å². The summed E-state index contributed by atoms with van der Waals surface area (Å²) in [6.07, 6.45) is 3.77. The SMILES string of the molecule is NC(=O)C(CNc1ccccc1)C1=NNc2ccccc2C=C1. The number of hydrogen-bond acceptors (Lipinski definition) is 4. The normalized spacial score (nSPS) is 14.0. The minimum absolute atomic E-state index is 0.389. The molecule has 3 rings (SSSR count). The highest BCUT2D eigenvalue weighted by Crippen LogP contribution is 2.20. The van der Waals surface area contributed by atoms with Gasteiger partial charge in [-0.2, -0.15) is 5.10 Å². The van der Waals surface area contributed by atoms with E-state index in [0.29, 0.717) is 12.3 Å². The van der Waals surface area contributed by atoms with Crippen LogP contribution in [0.1, 0.15) is 5.56 Å². The molecule has 2 aromatic rings. The van der Waals surface area contributed by atoms with Crippen LogP contribution in [-0.4, -0.2) is 18.2 Å². The Balaban J connectivity index is 1.77. The molecule has 0 aromatic heterocycles. The molecule has 1 unspecified atom stereocenters. The first-order chi connectivity index (χ1) is 11.2. The monoisotopic (exact) mass is 306 g/mol. The van der Waals surface area contributed by atoms with Gasteiger partial charge in [-0.1, -0.05) is 42.5 Å². The van der Waals surface area contributed by atoms with Crippen LogP contribution in [0.3, 0.4) is 0 Å². The zero-order chi connectivity index (χ0) is 16.1. The molecular weight excluding hydrogens is 288 g/mol. The molecule has 5 nitrogen and oxygen atoms in total. The maximum absolute atomic E-state index is 11.8. The molecule has 4 N–H and O–H groups in total. The van der Waals surface area contributed by atoms with Crippen molar-refractivity contribution in [2.45, 2.75) is 0 Å². The van der Waals surface area contributed by atoms with E-state index in [0.717, 1.165) is 16.9 Å². The molecule has 1 atom stereocenters. The number of nitrogens with one attached hydrogen (secondary N) is 2. The highest BCUT2D eigenvalue weighted by Gasteiger charge is 2.21. The second-order valence-electron chi connectivity index (χ2n) is 5.27. The highest BCUT2D eigenvalue weighted by molar-refractivity contribution is 6.12. The van der Waals surface area contributed by atoms with Gasteiger partial charge in [0, 0.05) is 12.2 Å². The Morgan fingerprint density at radius 3 is 2.61 bits per heavy atom. The number of nitrogens with zero attached hydrogens (tertiary/aromatic N) is 1. The van der Waals surface area contributed by atoms with Gasteiger partial charge in [0.25, 0.3) is 0 Å². The molecular formula is C18H18N4O. The lowest BCUT2D eigenvalue weighted by molar-refractivity contribution is -0.119. The number of carbonyl (C=O) groups excluding carboxylic acids is 1. The molecule has 1 aliphatic rings. The van der Waals surface area contributed by atoms with E-state index in [2.05, 4.69) is 15.8 Å². The molecule has 1 amide bonds. The van der Waals surface area contributed by atoms with E-state index in [9.17, 15) is 4.79 Å². The third kappa shape index (κ3) is 3.58. The zero-order valence-electron chi connectivity index (χ0n) is 12.6. The number of nitrogens with two attached hydrogens (primary N) is 1. The van der Waals surface area contributed by atoms with Crippen LogP contribution in [0.15, 0.2) is 65.8 Å². The Bertz CT molecular complexity index is 753. The standard InChI is InChI=1S/C18H18N4O/c19-18(23)15(12-20-14-7-2-1-3-8-14)17-11-10-13-6-4-5-9-16(13)21-22-17/h1-11,15,20-21H,12H2,(H2,19,23). The molecule has 0 bridgehead atoms. The maximum atomic E-state index is 11.8. The van der Waals surface area contributed by atoms with Crippen molar-refractivity contribution in [3.63, 3.8) is 0 Å². The van der Waals surface area contributed by atoms with Crippen molar-refractivity contribution in [2.24, 2.45) is 16.8 Å². The van der Waals surface area contributed by atoms with Gasteiger partial charge in [-0.05, 0) is 29.8 Å². The average Bonchev–Trinajstić information content (AvgIpc) is 2.79. The Morgan fingerprint density at radius 1 is 1.09 bits per heavy atom. The Labute approximate surface area is 134 Å². The summed E-state index contributed by atoms with van der Waals surface area (Å²) in [5, 5.41) is 7.56. The Hall–Kier alpha value is -3.08. The van der Waals surface area contributed by atoms with Gasteiger partial charge in [-0.3, -0.25) is 10.2 Å². The largest absolute Gasteiger partial charge is 0.384 e. The molecule has 116 valence electrons. The van der Waals surface area contributed by atoms with Crippen LogP contribution in [0.2, 0.25) is 0 Å². The topological polar surface area (TPSA) is 79.5 Å². The van der Waals surface area contributed by atoms with Gasteiger partial charge in [0.2, 0.25) is 5.91 Å². The number of anilines is 2. The van der Waals surface area contributed by atoms with Crippen molar-refractivity contribution in [3.8, 4) is 0 Å². The predicted molar refractivity (Wildman–Crippen MR) is 94.1 cm³/mol. The van der Waals surface area contributed by atoms with Crippen molar-refractivity contribution in [3.05, 3.63) is 66.2 Å². The molecule has 2 aromatic carbocycles. The van der Waals surface area contributed by atoms with E-state index in [1.165, 1.54) is 0 Å². The predicted octanol–water partition coefficient (Wildman–Crippen LogP) is 2.69. The van der Waals surface area contributed by atoms with E-state index in [4.69, 9.17) is 5.73 Å². The minimum Gasteiger partial charge on any atom is -0.384 e. The van der Waals surface area contributed by atoms with Gasteiger partial charge in [0.1, 0.15) is 0 Å². The zero-order valence-corrected chi connectivity index (χ0v) is 12.6. The van der Waals surface area contributed by atoms with E-state index >= 15 is 0 Å². The first kappa shape index (κ1) is 14.8. The molecule has 23 heavy (non-hydrogen) atoms. The van der Waals surface area contributed by atoms with Gasteiger partial charge in [0.15, 0.2) is 0 Å². The first-order valence-electron chi connectivity index (χ1n) is 7.43. The second-order valence-corrected chi connectivity index (χ2v) is 5.27. The number of allylic oxidation sites excluding steroid dienone is 1. The number of hydrogen-bond donors (Lipinski definition) is 3. The summed E-state index contributed by atoms with van der Waals surface area (Å²) in [4.78, 5) is 11.8. The van der Waals surface area contributed by atoms with Crippen molar-refractivity contribution >= 4 is 29.1 Å². The summed E-state index contributed by atoms with van der Waals surface area (Å²) in [5.74, 6) is -0.933. The number of para-hydroxylation sites is 2. The van der Waals surface area contributed by atoms with E-state index in [1.807, 2.05) is 66.7 Å². The molecule has 1 aliphatic heterocycles. The van der Waals surface area contributed by atoms with Crippen LogP contribution < -0.4 is 16.5 Å². The smallest absolute Gasteiger partial charge is 0.228 e. The summed E-state index contributed by atoms with van der Waals surface area (Å²) < 4.78 is 0. The van der Waals surface area contributed by atoms with Crippen LogP contribution >= 0.6 is 0 Å². The summed E-state index contributed by atoms with van der Waals surface area (Å²) in [6, 6.07) is 17.5. The van der Waals surface area contributed by atoms with Gasteiger partial charge in [0.05, 0.1) is 17.3 Å². The number of rotatable bonds is 5. The van der Waals surface area contributed by atoms with Crippen molar-refractivity contribution < 1.29 is 4.79 Å². The van der Waals surface area contributed by atoms with E-state index < -0.39 is 11.8 Å².